The second kappa shape index (κ2) is 8.43. The van der Waals surface area contributed by atoms with Crippen LogP contribution in [0.25, 0.3) is 0 Å². The molecule has 2 aromatic rings. The van der Waals surface area contributed by atoms with Gasteiger partial charge in [-0.25, -0.2) is 4.79 Å². The van der Waals surface area contributed by atoms with Gasteiger partial charge in [-0.05, 0) is 42.8 Å². The standard InChI is InChI=1S/C17H14ClF2NO4/c1-10-5-6-14(13(18)7-10)21-15(22)9-24-16(23)11-3-2-4-12(8-11)25-17(19)20/h2-8,17H,9H2,1H3,(H,21,22). The van der Waals surface area contributed by atoms with E-state index in [-0.39, 0.29) is 11.3 Å². The minimum atomic E-state index is -3.00. The van der Waals surface area contributed by atoms with Gasteiger partial charge in [-0.2, -0.15) is 8.78 Å². The summed E-state index contributed by atoms with van der Waals surface area (Å²) in [6.07, 6.45) is 0. The fourth-order valence-electron chi connectivity index (χ4n) is 1.92. The summed E-state index contributed by atoms with van der Waals surface area (Å²) >= 11 is 5.99. The molecule has 0 aliphatic heterocycles. The highest BCUT2D eigenvalue weighted by Crippen LogP contribution is 2.22. The molecule has 0 aromatic heterocycles. The van der Waals surface area contributed by atoms with E-state index in [2.05, 4.69) is 10.1 Å². The predicted molar refractivity (Wildman–Crippen MR) is 88.2 cm³/mol. The first-order valence-electron chi connectivity index (χ1n) is 7.13. The molecule has 132 valence electrons. The summed E-state index contributed by atoms with van der Waals surface area (Å²) in [5.74, 6) is -1.61. The van der Waals surface area contributed by atoms with E-state index in [1.165, 1.54) is 18.2 Å². The maximum absolute atomic E-state index is 12.2. The van der Waals surface area contributed by atoms with Crippen LogP contribution in [-0.2, 0) is 9.53 Å². The molecular formula is C17H14ClF2NO4. The van der Waals surface area contributed by atoms with Crippen LogP contribution in [0.3, 0.4) is 0 Å². The quantitative estimate of drug-likeness (QED) is 0.780. The highest BCUT2D eigenvalue weighted by molar-refractivity contribution is 6.33. The number of benzene rings is 2. The van der Waals surface area contributed by atoms with E-state index in [1.807, 2.05) is 6.92 Å². The van der Waals surface area contributed by atoms with Gasteiger partial charge < -0.3 is 14.8 Å². The average molecular weight is 370 g/mol. The molecule has 0 saturated heterocycles. The summed E-state index contributed by atoms with van der Waals surface area (Å²) in [7, 11) is 0. The Morgan fingerprint density at radius 2 is 1.96 bits per heavy atom. The molecular weight excluding hydrogens is 356 g/mol. The Kier molecular flexibility index (Phi) is 6.30. The van der Waals surface area contributed by atoms with Crippen LogP contribution in [0.15, 0.2) is 42.5 Å². The van der Waals surface area contributed by atoms with E-state index >= 15 is 0 Å². The zero-order chi connectivity index (χ0) is 18.4. The van der Waals surface area contributed by atoms with Gasteiger partial charge in [0.1, 0.15) is 5.75 Å². The Labute approximate surface area is 147 Å². The van der Waals surface area contributed by atoms with Gasteiger partial charge in [0.25, 0.3) is 5.91 Å². The van der Waals surface area contributed by atoms with Crippen molar-refractivity contribution >= 4 is 29.2 Å². The zero-order valence-electron chi connectivity index (χ0n) is 13.1. The molecule has 25 heavy (non-hydrogen) atoms. The second-order valence-electron chi connectivity index (χ2n) is 5.01. The number of hydrogen-bond donors (Lipinski definition) is 1. The molecule has 2 aromatic carbocycles. The van der Waals surface area contributed by atoms with Crippen molar-refractivity contribution in [3.63, 3.8) is 0 Å². The molecule has 0 heterocycles. The van der Waals surface area contributed by atoms with Crippen LogP contribution >= 0.6 is 11.6 Å². The van der Waals surface area contributed by atoms with Gasteiger partial charge in [-0.3, -0.25) is 4.79 Å². The molecule has 1 N–H and O–H groups in total. The summed E-state index contributed by atoms with van der Waals surface area (Å²) in [5, 5.41) is 2.87. The Balaban J connectivity index is 1.92. The van der Waals surface area contributed by atoms with Crippen LogP contribution in [0.1, 0.15) is 15.9 Å². The Morgan fingerprint density at radius 1 is 1.20 bits per heavy atom. The summed E-state index contributed by atoms with van der Waals surface area (Å²) < 4.78 is 33.4. The van der Waals surface area contributed by atoms with Gasteiger partial charge in [-0.15, -0.1) is 0 Å². The first kappa shape index (κ1) is 18.7. The maximum Gasteiger partial charge on any atom is 0.387 e. The minimum Gasteiger partial charge on any atom is -0.452 e. The third kappa shape index (κ3) is 5.72. The van der Waals surface area contributed by atoms with Crippen molar-refractivity contribution in [3.05, 3.63) is 58.6 Å². The number of carbonyl (C=O) groups is 2. The highest BCUT2D eigenvalue weighted by Gasteiger charge is 2.13. The van der Waals surface area contributed by atoms with Crippen molar-refractivity contribution in [2.45, 2.75) is 13.5 Å². The van der Waals surface area contributed by atoms with Crippen molar-refractivity contribution in [2.75, 3.05) is 11.9 Å². The lowest BCUT2D eigenvalue weighted by atomic mass is 10.2. The van der Waals surface area contributed by atoms with E-state index in [0.29, 0.717) is 10.7 Å². The maximum atomic E-state index is 12.2. The first-order valence-corrected chi connectivity index (χ1v) is 7.51. The largest absolute Gasteiger partial charge is 0.452 e. The zero-order valence-corrected chi connectivity index (χ0v) is 13.8. The van der Waals surface area contributed by atoms with Gasteiger partial charge in [0.15, 0.2) is 6.61 Å². The van der Waals surface area contributed by atoms with Crippen molar-refractivity contribution in [3.8, 4) is 5.75 Å². The molecule has 0 aliphatic rings. The first-order chi connectivity index (χ1) is 11.8. The number of hydrogen-bond acceptors (Lipinski definition) is 4. The Morgan fingerprint density at radius 3 is 2.64 bits per heavy atom. The van der Waals surface area contributed by atoms with Gasteiger partial charge in [0.2, 0.25) is 0 Å². The van der Waals surface area contributed by atoms with Gasteiger partial charge in [0, 0.05) is 0 Å². The van der Waals surface area contributed by atoms with Crippen molar-refractivity contribution in [2.24, 2.45) is 0 Å². The van der Waals surface area contributed by atoms with Gasteiger partial charge >= 0.3 is 12.6 Å². The topological polar surface area (TPSA) is 64.6 Å². The molecule has 0 fully saturated rings. The van der Waals surface area contributed by atoms with Crippen LogP contribution in [0.2, 0.25) is 5.02 Å². The summed E-state index contributed by atoms with van der Waals surface area (Å²) in [6, 6.07) is 10.2. The molecule has 0 atom stereocenters. The summed E-state index contributed by atoms with van der Waals surface area (Å²) in [4.78, 5) is 23.7. The van der Waals surface area contributed by atoms with Gasteiger partial charge in [-0.1, -0.05) is 23.7 Å². The number of rotatable bonds is 6. The van der Waals surface area contributed by atoms with E-state index in [4.69, 9.17) is 16.3 Å². The number of carbonyl (C=O) groups excluding carboxylic acids is 2. The molecule has 2 rings (SSSR count). The third-order valence-corrected chi connectivity index (χ3v) is 3.34. The van der Waals surface area contributed by atoms with E-state index in [9.17, 15) is 18.4 Å². The number of halogens is 3. The fraction of sp³-hybridized carbons (Fsp3) is 0.176. The lowest BCUT2D eigenvalue weighted by Gasteiger charge is -2.09. The number of anilines is 1. The number of amides is 1. The van der Waals surface area contributed by atoms with E-state index in [0.717, 1.165) is 11.6 Å². The molecule has 8 heteroatoms. The van der Waals surface area contributed by atoms with Crippen molar-refractivity contribution in [1.29, 1.82) is 0 Å². The monoisotopic (exact) mass is 369 g/mol. The smallest absolute Gasteiger partial charge is 0.387 e. The number of alkyl halides is 2. The van der Waals surface area contributed by atoms with Crippen LogP contribution in [-0.4, -0.2) is 25.1 Å². The van der Waals surface area contributed by atoms with Crippen LogP contribution < -0.4 is 10.1 Å². The number of esters is 1. The minimum absolute atomic E-state index is 0.0145. The molecule has 0 radical (unpaired) electrons. The number of aryl methyl sites for hydroxylation is 1. The molecule has 0 bridgehead atoms. The predicted octanol–water partition coefficient (Wildman–Crippen LogP) is 4.05. The number of nitrogens with one attached hydrogen (secondary N) is 1. The molecule has 0 aliphatic carbocycles. The highest BCUT2D eigenvalue weighted by atomic mass is 35.5. The molecule has 5 nitrogen and oxygen atoms in total. The van der Waals surface area contributed by atoms with E-state index < -0.39 is 25.1 Å². The lowest BCUT2D eigenvalue weighted by molar-refractivity contribution is -0.119. The lowest BCUT2D eigenvalue weighted by Crippen LogP contribution is -2.21. The molecule has 0 spiro atoms. The molecule has 1 amide bonds. The fourth-order valence-corrected chi connectivity index (χ4v) is 2.20. The average Bonchev–Trinajstić information content (AvgIpc) is 2.55. The summed E-state index contributed by atoms with van der Waals surface area (Å²) in [6.45, 7) is -1.70. The normalized spacial score (nSPS) is 10.4. The SMILES string of the molecule is Cc1ccc(NC(=O)COC(=O)c2cccc(OC(F)F)c2)c(Cl)c1. The molecule has 0 unspecified atom stereocenters. The van der Waals surface area contributed by atoms with E-state index in [1.54, 1.807) is 18.2 Å². The molecule has 0 saturated carbocycles. The van der Waals surface area contributed by atoms with Gasteiger partial charge in [0.05, 0.1) is 16.3 Å². The Bertz CT molecular complexity index is 783. The van der Waals surface area contributed by atoms with Crippen LogP contribution in [0, 0.1) is 6.92 Å². The van der Waals surface area contributed by atoms with Crippen LogP contribution in [0.5, 0.6) is 5.75 Å². The van der Waals surface area contributed by atoms with Crippen molar-refractivity contribution in [1.82, 2.24) is 0 Å². The van der Waals surface area contributed by atoms with Crippen LogP contribution in [0.4, 0.5) is 14.5 Å². The third-order valence-electron chi connectivity index (χ3n) is 3.03. The summed E-state index contributed by atoms with van der Waals surface area (Å²) in [5.41, 5.74) is 1.31. The Hall–Kier alpha value is -2.67. The van der Waals surface area contributed by atoms with Crippen molar-refractivity contribution < 1.29 is 27.8 Å². The second-order valence-corrected chi connectivity index (χ2v) is 5.42. The number of ether oxygens (including phenoxy) is 2.